The fourth-order valence-corrected chi connectivity index (χ4v) is 3.96. The molecule has 0 aliphatic carbocycles. The predicted molar refractivity (Wildman–Crippen MR) is 78.4 cm³/mol. The van der Waals surface area contributed by atoms with Gasteiger partial charge in [0.05, 0.1) is 11.5 Å². The van der Waals surface area contributed by atoms with E-state index in [9.17, 15) is 13.2 Å². The number of aryl methyl sites for hydroxylation is 1. The van der Waals surface area contributed by atoms with Crippen LogP contribution in [0, 0.1) is 0 Å². The van der Waals surface area contributed by atoms with Crippen molar-refractivity contribution in [1.82, 2.24) is 10.6 Å². The number of benzene rings is 1. The molecule has 0 spiro atoms. The summed E-state index contributed by atoms with van der Waals surface area (Å²) >= 11 is 0. The van der Waals surface area contributed by atoms with Crippen molar-refractivity contribution in [3.05, 3.63) is 35.9 Å². The first-order chi connectivity index (χ1) is 9.55. The largest absolute Gasteiger partial charge is 0.338 e. The Labute approximate surface area is 119 Å². The number of rotatable bonds is 5. The predicted octanol–water partition coefficient (Wildman–Crippen LogP) is 1.11. The molecular weight excluding hydrogens is 276 g/mol. The number of sulfone groups is 1. The SMILES string of the molecule is O=C(NCCCc1ccccc1)N[C@@H]1CCS(=O)(=O)C1. The molecule has 1 heterocycles. The highest BCUT2D eigenvalue weighted by atomic mass is 32.2. The molecule has 1 aromatic carbocycles. The zero-order chi connectivity index (χ0) is 14.4. The average molecular weight is 296 g/mol. The molecule has 0 radical (unpaired) electrons. The second-order valence-electron chi connectivity index (χ2n) is 5.09. The lowest BCUT2D eigenvalue weighted by atomic mass is 10.1. The van der Waals surface area contributed by atoms with Crippen LogP contribution in [0.4, 0.5) is 4.79 Å². The summed E-state index contributed by atoms with van der Waals surface area (Å²) in [6.07, 6.45) is 2.29. The highest BCUT2D eigenvalue weighted by molar-refractivity contribution is 7.91. The van der Waals surface area contributed by atoms with Crippen molar-refractivity contribution in [1.29, 1.82) is 0 Å². The van der Waals surface area contributed by atoms with E-state index in [1.807, 2.05) is 18.2 Å². The van der Waals surface area contributed by atoms with Crippen LogP contribution in [0.1, 0.15) is 18.4 Å². The highest BCUT2D eigenvalue weighted by Gasteiger charge is 2.28. The van der Waals surface area contributed by atoms with Crippen LogP contribution in [0.3, 0.4) is 0 Å². The van der Waals surface area contributed by atoms with E-state index in [4.69, 9.17) is 0 Å². The highest BCUT2D eigenvalue weighted by Crippen LogP contribution is 2.10. The molecule has 2 amide bonds. The Morgan fingerprint density at radius 1 is 1.25 bits per heavy atom. The van der Waals surface area contributed by atoms with Crippen molar-refractivity contribution in [2.24, 2.45) is 0 Å². The Kier molecular flexibility index (Phi) is 5.00. The van der Waals surface area contributed by atoms with Crippen LogP contribution in [0.5, 0.6) is 0 Å². The van der Waals surface area contributed by atoms with Crippen molar-refractivity contribution in [3.63, 3.8) is 0 Å². The summed E-state index contributed by atoms with van der Waals surface area (Å²) in [5.74, 6) is 0.233. The average Bonchev–Trinajstić information content (AvgIpc) is 2.75. The van der Waals surface area contributed by atoms with Gasteiger partial charge in [0, 0.05) is 12.6 Å². The summed E-state index contributed by atoms with van der Waals surface area (Å²) in [4.78, 5) is 11.6. The lowest BCUT2D eigenvalue weighted by Gasteiger charge is -2.11. The summed E-state index contributed by atoms with van der Waals surface area (Å²) in [6, 6.07) is 9.57. The third-order valence-corrected chi connectivity index (χ3v) is 5.11. The summed E-state index contributed by atoms with van der Waals surface area (Å²) < 4.78 is 22.5. The molecule has 0 saturated carbocycles. The van der Waals surface area contributed by atoms with Crippen LogP contribution >= 0.6 is 0 Å². The van der Waals surface area contributed by atoms with Gasteiger partial charge in [0.2, 0.25) is 0 Å². The van der Waals surface area contributed by atoms with E-state index in [0.717, 1.165) is 12.8 Å². The molecule has 2 N–H and O–H groups in total. The van der Waals surface area contributed by atoms with E-state index >= 15 is 0 Å². The first-order valence-electron chi connectivity index (χ1n) is 6.84. The molecule has 0 aromatic heterocycles. The molecular formula is C14H20N2O3S. The van der Waals surface area contributed by atoms with Crippen molar-refractivity contribution in [2.75, 3.05) is 18.1 Å². The van der Waals surface area contributed by atoms with Gasteiger partial charge in [0.15, 0.2) is 9.84 Å². The second-order valence-corrected chi connectivity index (χ2v) is 7.32. The van der Waals surface area contributed by atoms with E-state index in [2.05, 4.69) is 22.8 Å². The molecule has 110 valence electrons. The van der Waals surface area contributed by atoms with E-state index in [-0.39, 0.29) is 23.6 Å². The zero-order valence-electron chi connectivity index (χ0n) is 11.3. The first-order valence-corrected chi connectivity index (χ1v) is 8.66. The molecule has 1 aliphatic rings. The molecule has 1 saturated heterocycles. The fourth-order valence-electron chi connectivity index (χ4n) is 2.28. The Morgan fingerprint density at radius 2 is 2.00 bits per heavy atom. The number of hydrogen-bond donors (Lipinski definition) is 2. The number of hydrogen-bond acceptors (Lipinski definition) is 3. The molecule has 6 heteroatoms. The number of urea groups is 1. The molecule has 20 heavy (non-hydrogen) atoms. The van der Waals surface area contributed by atoms with Gasteiger partial charge in [-0.1, -0.05) is 30.3 Å². The molecule has 0 bridgehead atoms. The lowest BCUT2D eigenvalue weighted by Crippen LogP contribution is -2.43. The molecule has 2 rings (SSSR count). The van der Waals surface area contributed by atoms with Gasteiger partial charge in [-0.3, -0.25) is 0 Å². The first kappa shape index (κ1) is 14.8. The third-order valence-electron chi connectivity index (χ3n) is 3.34. The van der Waals surface area contributed by atoms with Gasteiger partial charge in [-0.05, 0) is 24.8 Å². The van der Waals surface area contributed by atoms with Gasteiger partial charge in [-0.15, -0.1) is 0 Å². The van der Waals surface area contributed by atoms with Gasteiger partial charge in [-0.2, -0.15) is 0 Å². The molecule has 1 aromatic rings. The third kappa shape index (κ3) is 4.85. The second kappa shape index (κ2) is 6.74. The Balaban J connectivity index is 1.61. The smallest absolute Gasteiger partial charge is 0.315 e. The van der Waals surface area contributed by atoms with Crippen molar-refractivity contribution in [2.45, 2.75) is 25.3 Å². The lowest BCUT2D eigenvalue weighted by molar-refractivity contribution is 0.238. The van der Waals surface area contributed by atoms with Crippen LogP contribution in [0.2, 0.25) is 0 Å². The molecule has 0 unspecified atom stereocenters. The van der Waals surface area contributed by atoms with Crippen LogP contribution in [-0.4, -0.2) is 38.5 Å². The molecule has 1 fully saturated rings. The summed E-state index contributed by atoms with van der Waals surface area (Å²) in [7, 11) is -2.94. The maximum atomic E-state index is 11.6. The minimum atomic E-state index is -2.94. The van der Waals surface area contributed by atoms with Gasteiger partial charge < -0.3 is 10.6 Å². The quantitative estimate of drug-likeness (QED) is 0.799. The zero-order valence-corrected chi connectivity index (χ0v) is 12.2. The maximum absolute atomic E-state index is 11.6. The Bertz CT molecular complexity index is 543. The normalized spacial score (nSPS) is 20.5. The molecule has 1 aliphatic heterocycles. The van der Waals surface area contributed by atoms with Crippen LogP contribution in [0.25, 0.3) is 0 Å². The van der Waals surface area contributed by atoms with E-state index in [0.29, 0.717) is 13.0 Å². The van der Waals surface area contributed by atoms with Crippen LogP contribution < -0.4 is 10.6 Å². The van der Waals surface area contributed by atoms with Crippen molar-refractivity contribution >= 4 is 15.9 Å². The van der Waals surface area contributed by atoms with E-state index in [1.165, 1.54) is 5.56 Å². The number of amides is 2. The van der Waals surface area contributed by atoms with Gasteiger partial charge >= 0.3 is 6.03 Å². The fraction of sp³-hybridized carbons (Fsp3) is 0.500. The monoisotopic (exact) mass is 296 g/mol. The standard InChI is InChI=1S/C14H20N2O3S/c17-14(16-13-8-10-20(18,19)11-13)15-9-4-7-12-5-2-1-3-6-12/h1-3,5-6,13H,4,7-11H2,(H2,15,16,17)/t13-/m1/s1. The van der Waals surface area contributed by atoms with Crippen molar-refractivity contribution in [3.8, 4) is 0 Å². The minimum Gasteiger partial charge on any atom is -0.338 e. The minimum absolute atomic E-state index is 0.0600. The Hall–Kier alpha value is -1.56. The van der Waals surface area contributed by atoms with E-state index in [1.54, 1.807) is 0 Å². The van der Waals surface area contributed by atoms with Crippen LogP contribution in [0.15, 0.2) is 30.3 Å². The van der Waals surface area contributed by atoms with Gasteiger partial charge in [-0.25, -0.2) is 13.2 Å². The van der Waals surface area contributed by atoms with Gasteiger partial charge in [0.1, 0.15) is 0 Å². The topological polar surface area (TPSA) is 75.3 Å². The Morgan fingerprint density at radius 3 is 2.65 bits per heavy atom. The van der Waals surface area contributed by atoms with Crippen LogP contribution in [-0.2, 0) is 16.3 Å². The summed E-state index contributed by atoms with van der Waals surface area (Å²) in [5, 5.41) is 5.47. The number of carbonyl (C=O) groups excluding carboxylic acids is 1. The summed E-state index contributed by atoms with van der Waals surface area (Å²) in [5.41, 5.74) is 1.25. The summed E-state index contributed by atoms with van der Waals surface area (Å²) in [6.45, 7) is 0.584. The molecule has 1 atom stereocenters. The van der Waals surface area contributed by atoms with Crippen molar-refractivity contribution < 1.29 is 13.2 Å². The number of nitrogens with one attached hydrogen (secondary N) is 2. The number of carbonyl (C=O) groups is 1. The van der Waals surface area contributed by atoms with Gasteiger partial charge in [0.25, 0.3) is 0 Å². The molecule has 5 nitrogen and oxygen atoms in total. The van der Waals surface area contributed by atoms with E-state index < -0.39 is 9.84 Å². The maximum Gasteiger partial charge on any atom is 0.315 e.